The summed E-state index contributed by atoms with van der Waals surface area (Å²) < 4.78 is 4.33. The third-order valence-corrected chi connectivity index (χ3v) is 1.66. The Morgan fingerprint density at radius 1 is 1.50 bits per heavy atom. The van der Waals surface area contributed by atoms with Crippen molar-refractivity contribution in [1.29, 1.82) is 0 Å². The molecule has 1 aromatic rings. The smallest absolute Gasteiger partial charge is 0.239 e. The maximum absolute atomic E-state index is 2.25. The Hall–Kier alpha value is -0.790. The van der Waals surface area contributed by atoms with E-state index < -0.39 is 0 Å². The van der Waals surface area contributed by atoms with Crippen molar-refractivity contribution in [1.82, 2.24) is 4.57 Å². The van der Waals surface area contributed by atoms with Gasteiger partial charge in [-0.2, -0.15) is 0 Å². The molecule has 2 heteroatoms. The van der Waals surface area contributed by atoms with Crippen LogP contribution >= 0.6 is 0 Å². The van der Waals surface area contributed by atoms with Gasteiger partial charge in [0.05, 0.1) is 13.1 Å². The second-order valence-electron chi connectivity index (χ2n) is 3.05. The third-order valence-electron chi connectivity index (χ3n) is 1.66. The minimum atomic E-state index is 0.571. The molecule has 0 aliphatic rings. The molecule has 0 fully saturated rings. The van der Waals surface area contributed by atoms with Crippen molar-refractivity contribution in [2.45, 2.75) is 26.8 Å². The van der Waals surface area contributed by atoms with Gasteiger partial charge in [0.15, 0.2) is 0 Å². The van der Waals surface area contributed by atoms with Crippen molar-refractivity contribution in [3.05, 3.63) is 18.2 Å². The summed E-state index contributed by atoms with van der Waals surface area (Å²) in [5, 5.41) is 0. The predicted octanol–water partition coefficient (Wildman–Crippen LogP) is 1.20. The number of aryl methyl sites for hydroxylation is 2. The molecular formula is C8H15N2+. The van der Waals surface area contributed by atoms with Gasteiger partial charge in [-0.25, -0.2) is 9.13 Å². The molecule has 0 spiro atoms. The standard InChI is InChI=1S/C8H15N2/c1-7(2)10-6-9(4)5-8(10)3/h5-7H,1-4H3/q+1. The molecule has 0 saturated heterocycles. The second-order valence-corrected chi connectivity index (χ2v) is 3.05. The van der Waals surface area contributed by atoms with Crippen LogP contribution < -0.4 is 4.57 Å². The first-order valence-corrected chi connectivity index (χ1v) is 3.65. The number of imidazole rings is 1. The normalized spacial score (nSPS) is 10.9. The number of hydrogen-bond donors (Lipinski definition) is 0. The van der Waals surface area contributed by atoms with Crippen LogP contribution in [0.2, 0.25) is 0 Å². The Labute approximate surface area is 62.1 Å². The molecule has 1 aromatic heterocycles. The number of hydrogen-bond acceptors (Lipinski definition) is 0. The van der Waals surface area contributed by atoms with E-state index in [0.29, 0.717) is 6.04 Å². The Morgan fingerprint density at radius 2 is 2.10 bits per heavy atom. The van der Waals surface area contributed by atoms with Crippen LogP contribution in [0.1, 0.15) is 25.6 Å². The molecule has 1 rings (SSSR count). The largest absolute Gasteiger partial charge is 0.243 e. The fraction of sp³-hybridized carbons (Fsp3) is 0.625. The zero-order chi connectivity index (χ0) is 7.72. The first kappa shape index (κ1) is 7.32. The fourth-order valence-electron chi connectivity index (χ4n) is 1.22. The highest BCUT2D eigenvalue weighted by Gasteiger charge is 2.08. The lowest BCUT2D eigenvalue weighted by atomic mass is 10.4. The Kier molecular flexibility index (Phi) is 1.79. The summed E-state index contributed by atoms with van der Waals surface area (Å²) in [6.07, 6.45) is 4.24. The number of aromatic nitrogens is 2. The Balaban J connectivity index is 3.03. The van der Waals surface area contributed by atoms with Crippen LogP contribution in [-0.2, 0) is 7.05 Å². The average molecular weight is 139 g/mol. The van der Waals surface area contributed by atoms with Crippen LogP contribution in [0.15, 0.2) is 12.5 Å². The van der Waals surface area contributed by atoms with Gasteiger partial charge in [-0.15, -0.1) is 0 Å². The Bertz CT molecular complexity index is 223. The van der Waals surface area contributed by atoms with Crippen molar-refractivity contribution in [2.24, 2.45) is 7.05 Å². The van der Waals surface area contributed by atoms with E-state index >= 15 is 0 Å². The van der Waals surface area contributed by atoms with Crippen molar-refractivity contribution >= 4 is 0 Å². The van der Waals surface area contributed by atoms with E-state index in [1.165, 1.54) is 5.69 Å². The molecule has 0 unspecified atom stereocenters. The molecule has 10 heavy (non-hydrogen) atoms. The van der Waals surface area contributed by atoms with Gasteiger partial charge >= 0.3 is 0 Å². The van der Waals surface area contributed by atoms with Gasteiger partial charge in [0.2, 0.25) is 6.33 Å². The summed E-state index contributed by atoms with van der Waals surface area (Å²) in [5.74, 6) is 0. The quantitative estimate of drug-likeness (QED) is 0.517. The first-order valence-electron chi connectivity index (χ1n) is 3.65. The SMILES string of the molecule is Cc1cn(C)c[n+]1C(C)C. The van der Waals surface area contributed by atoms with E-state index in [4.69, 9.17) is 0 Å². The van der Waals surface area contributed by atoms with Crippen LogP contribution in [0.4, 0.5) is 0 Å². The lowest BCUT2D eigenvalue weighted by molar-refractivity contribution is -0.721. The third kappa shape index (κ3) is 1.20. The minimum absolute atomic E-state index is 0.571. The van der Waals surface area contributed by atoms with E-state index in [0.717, 1.165) is 0 Å². The minimum Gasteiger partial charge on any atom is -0.239 e. The van der Waals surface area contributed by atoms with Crippen molar-refractivity contribution in [2.75, 3.05) is 0 Å². The van der Waals surface area contributed by atoms with Gasteiger partial charge < -0.3 is 0 Å². The fourth-order valence-corrected chi connectivity index (χ4v) is 1.22. The topological polar surface area (TPSA) is 8.81 Å². The predicted molar refractivity (Wildman–Crippen MR) is 40.7 cm³/mol. The van der Waals surface area contributed by atoms with Crippen LogP contribution in [0.5, 0.6) is 0 Å². The molecule has 0 aliphatic carbocycles. The first-order chi connectivity index (χ1) is 4.61. The number of rotatable bonds is 1. The van der Waals surface area contributed by atoms with Gasteiger partial charge in [-0.1, -0.05) is 0 Å². The summed E-state index contributed by atoms with van der Waals surface area (Å²) in [4.78, 5) is 0. The van der Waals surface area contributed by atoms with E-state index in [9.17, 15) is 0 Å². The molecule has 0 radical (unpaired) electrons. The molecule has 0 bridgehead atoms. The molecule has 0 amide bonds. The van der Waals surface area contributed by atoms with E-state index in [-0.39, 0.29) is 0 Å². The molecular weight excluding hydrogens is 124 g/mol. The maximum atomic E-state index is 2.25. The molecule has 0 aromatic carbocycles. The maximum Gasteiger partial charge on any atom is 0.243 e. The van der Waals surface area contributed by atoms with Crippen LogP contribution in [0, 0.1) is 6.92 Å². The van der Waals surface area contributed by atoms with E-state index in [1.54, 1.807) is 0 Å². The Morgan fingerprint density at radius 3 is 2.30 bits per heavy atom. The average Bonchev–Trinajstić information content (AvgIpc) is 2.10. The molecule has 0 atom stereocenters. The molecule has 0 aliphatic heterocycles. The summed E-state index contributed by atoms with van der Waals surface area (Å²) in [6.45, 7) is 6.50. The molecule has 0 N–H and O–H groups in total. The zero-order valence-corrected chi connectivity index (χ0v) is 7.13. The van der Waals surface area contributed by atoms with Crippen molar-refractivity contribution in [3.63, 3.8) is 0 Å². The monoisotopic (exact) mass is 139 g/mol. The zero-order valence-electron chi connectivity index (χ0n) is 7.13. The molecule has 56 valence electrons. The van der Waals surface area contributed by atoms with Crippen LogP contribution in [0.3, 0.4) is 0 Å². The number of nitrogens with zero attached hydrogens (tertiary/aromatic N) is 2. The van der Waals surface area contributed by atoms with Crippen molar-refractivity contribution < 1.29 is 4.57 Å². The van der Waals surface area contributed by atoms with Crippen LogP contribution in [-0.4, -0.2) is 4.57 Å². The van der Waals surface area contributed by atoms with Gasteiger partial charge in [0.1, 0.15) is 11.9 Å². The molecule has 2 nitrogen and oxygen atoms in total. The second kappa shape index (κ2) is 2.45. The van der Waals surface area contributed by atoms with Gasteiger partial charge in [0, 0.05) is 6.92 Å². The lowest BCUT2D eigenvalue weighted by Crippen LogP contribution is -2.36. The highest BCUT2D eigenvalue weighted by Crippen LogP contribution is 1.95. The van der Waals surface area contributed by atoms with Crippen LogP contribution in [0.25, 0.3) is 0 Å². The highest BCUT2D eigenvalue weighted by molar-refractivity contribution is 4.82. The summed E-state index contributed by atoms with van der Waals surface area (Å²) >= 11 is 0. The van der Waals surface area contributed by atoms with E-state index in [1.807, 2.05) is 7.05 Å². The van der Waals surface area contributed by atoms with Gasteiger partial charge in [0.25, 0.3) is 0 Å². The van der Waals surface area contributed by atoms with Gasteiger partial charge in [-0.05, 0) is 13.8 Å². The molecule has 1 heterocycles. The lowest BCUT2D eigenvalue weighted by Gasteiger charge is -1.99. The summed E-state index contributed by atoms with van der Waals surface area (Å²) in [6, 6.07) is 0.571. The van der Waals surface area contributed by atoms with E-state index in [2.05, 4.69) is 42.4 Å². The molecule has 0 saturated carbocycles. The summed E-state index contributed by atoms with van der Waals surface area (Å²) in [5.41, 5.74) is 1.32. The summed E-state index contributed by atoms with van der Waals surface area (Å²) in [7, 11) is 2.05. The van der Waals surface area contributed by atoms with Crippen molar-refractivity contribution in [3.8, 4) is 0 Å². The van der Waals surface area contributed by atoms with Gasteiger partial charge in [-0.3, -0.25) is 0 Å². The highest BCUT2D eigenvalue weighted by atomic mass is 15.1.